The average Bonchev–Trinajstić information content (AvgIpc) is 2.76. The van der Waals surface area contributed by atoms with Gasteiger partial charge in [-0.15, -0.1) is 0 Å². The number of benzene rings is 1. The molecule has 2 aromatic heterocycles. The van der Waals surface area contributed by atoms with Gasteiger partial charge < -0.3 is 10.1 Å². The summed E-state index contributed by atoms with van der Waals surface area (Å²) in [5.41, 5.74) is 1.41. The number of nitrogens with one attached hydrogen (secondary N) is 1. The van der Waals surface area contributed by atoms with Gasteiger partial charge >= 0.3 is 0 Å². The number of hydrogen-bond acceptors (Lipinski definition) is 5. The number of anilines is 1. The van der Waals surface area contributed by atoms with Crippen LogP contribution in [0.2, 0.25) is 15.3 Å². The Morgan fingerprint density at radius 2 is 1.94 bits per heavy atom. The van der Waals surface area contributed by atoms with E-state index in [0.29, 0.717) is 18.1 Å². The highest BCUT2D eigenvalue weighted by Crippen LogP contribution is 2.30. The second-order valence-electron chi connectivity index (χ2n) is 7.35. The van der Waals surface area contributed by atoms with Crippen LogP contribution in [-0.2, 0) is 0 Å². The minimum atomic E-state index is -0.769. The third-order valence-corrected chi connectivity index (χ3v) is 5.60. The number of rotatable bonds is 7. The molecule has 0 spiro atoms. The molecular weight excluding hydrogens is 490 g/mol. The normalized spacial score (nSPS) is 14.3. The van der Waals surface area contributed by atoms with Crippen molar-refractivity contribution in [3.8, 4) is 5.88 Å². The molecule has 170 valence electrons. The number of carbonyl (C=O) groups excluding carboxylic acids is 1. The number of halogens is 4. The van der Waals surface area contributed by atoms with Gasteiger partial charge in [-0.2, -0.15) is 4.98 Å². The molecule has 0 atom stereocenters. The lowest BCUT2D eigenvalue weighted by atomic mass is 10.1. The van der Waals surface area contributed by atoms with E-state index in [0.717, 1.165) is 18.2 Å². The van der Waals surface area contributed by atoms with Gasteiger partial charge in [-0.05, 0) is 29.8 Å². The van der Waals surface area contributed by atoms with Crippen LogP contribution in [0, 0.1) is 5.82 Å². The van der Waals surface area contributed by atoms with E-state index in [1.807, 2.05) is 30.3 Å². The summed E-state index contributed by atoms with van der Waals surface area (Å²) in [6.45, 7) is 2.04. The Morgan fingerprint density at radius 1 is 1.18 bits per heavy atom. The van der Waals surface area contributed by atoms with Crippen molar-refractivity contribution in [2.24, 2.45) is 0 Å². The second-order valence-corrected chi connectivity index (χ2v) is 8.53. The molecule has 3 aromatic rings. The Kier molecular flexibility index (Phi) is 7.45. The Balaban J connectivity index is 1.36. The zero-order valence-electron chi connectivity index (χ0n) is 17.1. The van der Waals surface area contributed by atoms with E-state index >= 15 is 0 Å². The van der Waals surface area contributed by atoms with E-state index in [1.165, 1.54) is 18.3 Å². The smallest absolute Gasteiger partial charge is 0.255 e. The van der Waals surface area contributed by atoms with Gasteiger partial charge in [0.05, 0.1) is 0 Å². The molecule has 33 heavy (non-hydrogen) atoms. The number of aromatic nitrogens is 2. The van der Waals surface area contributed by atoms with Crippen LogP contribution in [0.15, 0.2) is 54.7 Å². The fourth-order valence-electron chi connectivity index (χ4n) is 3.18. The average molecular weight is 508 g/mol. The van der Waals surface area contributed by atoms with E-state index in [-0.39, 0.29) is 33.5 Å². The molecule has 1 aliphatic heterocycles. The number of likely N-dealkylation sites (tertiary alicyclic amines) is 1. The van der Waals surface area contributed by atoms with Crippen molar-refractivity contribution < 1.29 is 13.9 Å². The van der Waals surface area contributed by atoms with E-state index in [4.69, 9.17) is 39.5 Å². The molecule has 4 rings (SSSR count). The summed E-state index contributed by atoms with van der Waals surface area (Å²) >= 11 is 17.6. The van der Waals surface area contributed by atoms with Gasteiger partial charge in [0.1, 0.15) is 16.9 Å². The van der Waals surface area contributed by atoms with Crippen LogP contribution >= 0.6 is 34.8 Å². The summed E-state index contributed by atoms with van der Waals surface area (Å²) in [5, 5.41) is 3.13. The lowest BCUT2D eigenvalue weighted by Crippen LogP contribution is -2.53. The van der Waals surface area contributed by atoms with Crippen molar-refractivity contribution in [2.45, 2.75) is 6.10 Å². The molecule has 3 heterocycles. The van der Waals surface area contributed by atoms with Gasteiger partial charge in [0.15, 0.2) is 11.0 Å². The van der Waals surface area contributed by atoms with Crippen molar-refractivity contribution in [2.75, 3.05) is 25.0 Å². The van der Waals surface area contributed by atoms with Gasteiger partial charge in [-0.1, -0.05) is 59.1 Å². The highest BCUT2D eigenvalue weighted by Gasteiger charge is 2.29. The summed E-state index contributed by atoms with van der Waals surface area (Å²) in [6, 6.07) is 11.5. The number of carbonyl (C=O) groups is 1. The van der Waals surface area contributed by atoms with Crippen LogP contribution in [-0.4, -0.2) is 46.5 Å². The molecule has 0 bridgehead atoms. The second kappa shape index (κ2) is 10.5. The van der Waals surface area contributed by atoms with E-state index in [9.17, 15) is 9.18 Å². The number of amides is 1. The standard InChI is InChI=1S/C23H18Cl3FN4O2/c24-16-5-3-14(4-6-16)2-1-9-31-12-17(13-31)33-23-19(11-18(27)21(26)30-23)29-22(32)15-7-8-28-20(25)10-15/h1-8,10-11,17H,9,12-13H2,(H,29,32)/b2-1+. The third kappa shape index (κ3) is 6.21. The summed E-state index contributed by atoms with van der Waals surface area (Å²) in [7, 11) is 0. The maximum atomic E-state index is 14.0. The van der Waals surface area contributed by atoms with Crippen LogP contribution in [0.1, 0.15) is 15.9 Å². The zero-order chi connectivity index (χ0) is 23.4. The number of ether oxygens (including phenoxy) is 1. The van der Waals surface area contributed by atoms with Gasteiger partial charge in [0.2, 0.25) is 5.88 Å². The lowest BCUT2D eigenvalue weighted by Gasteiger charge is -2.38. The Hall–Kier alpha value is -2.71. The first-order valence-electron chi connectivity index (χ1n) is 9.97. The third-order valence-electron chi connectivity index (χ3n) is 4.88. The molecule has 1 aromatic carbocycles. The van der Waals surface area contributed by atoms with Crippen LogP contribution in [0.3, 0.4) is 0 Å². The molecule has 0 radical (unpaired) electrons. The molecule has 0 aliphatic carbocycles. The molecule has 1 amide bonds. The largest absolute Gasteiger partial charge is 0.470 e. The Labute approximate surface area is 205 Å². The highest BCUT2D eigenvalue weighted by molar-refractivity contribution is 6.30. The van der Waals surface area contributed by atoms with Crippen molar-refractivity contribution >= 4 is 52.5 Å². The SMILES string of the molecule is O=C(Nc1cc(F)c(Cl)nc1OC1CN(C/C=C/c2ccc(Cl)cc2)C1)c1ccnc(Cl)c1. The molecule has 0 unspecified atom stereocenters. The highest BCUT2D eigenvalue weighted by atomic mass is 35.5. The van der Waals surface area contributed by atoms with Gasteiger partial charge in [0, 0.05) is 42.5 Å². The predicted octanol–water partition coefficient (Wildman–Crippen LogP) is 5.60. The first-order chi connectivity index (χ1) is 15.9. The van der Waals surface area contributed by atoms with Crippen LogP contribution in [0.25, 0.3) is 6.08 Å². The van der Waals surface area contributed by atoms with Crippen molar-refractivity contribution in [1.82, 2.24) is 14.9 Å². The first kappa shape index (κ1) is 23.4. The molecule has 1 saturated heterocycles. The van der Waals surface area contributed by atoms with Crippen molar-refractivity contribution in [3.63, 3.8) is 0 Å². The van der Waals surface area contributed by atoms with Crippen LogP contribution in [0.5, 0.6) is 5.88 Å². The van der Waals surface area contributed by atoms with Crippen molar-refractivity contribution in [3.05, 3.63) is 87.0 Å². The van der Waals surface area contributed by atoms with Crippen molar-refractivity contribution in [1.29, 1.82) is 0 Å². The van der Waals surface area contributed by atoms with E-state index in [2.05, 4.69) is 26.3 Å². The summed E-state index contributed by atoms with van der Waals surface area (Å²) < 4.78 is 19.9. The maximum absolute atomic E-state index is 14.0. The minimum absolute atomic E-state index is 0.0521. The Morgan fingerprint density at radius 3 is 2.67 bits per heavy atom. The van der Waals surface area contributed by atoms with E-state index < -0.39 is 11.7 Å². The topological polar surface area (TPSA) is 67.3 Å². The quantitative estimate of drug-likeness (QED) is 0.421. The fraction of sp³-hybridized carbons (Fsp3) is 0.174. The Bertz CT molecular complexity index is 1180. The van der Waals surface area contributed by atoms with Gasteiger partial charge in [0.25, 0.3) is 5.91 Å². The van der Waals surface area contributed by atoms with E-state index in [1.54, 1.807) is 0 Å². The van der Waals surface area contributed by atoms with Gasteiger partial charge in [-0.25, -0.2) is 9.37 Å². The maximum Gasteiger partial charge on any atom is 0.255 e. The lowest BCUT2D eigenvalue weighted by molar-refractivity contribution is 0.0257. The van der Waals surface area contributed by atoms with Crippen LogP contribution < -0.4 is 10.1 Å². The molecule has 1 aliphatic rings. The zero-order valence-corrected chi connectivity index (χ0v) is 19.4. The minimum Gasteiger partial charge on any atom is -0.470 e. The molecular formula is C23H18Cl3FN4O2. The molecule has 10 heteroatoms. The number of hydrogen-bond donors (Lipinski definition) is 1. The predicted molar refractivity (Wildman–Crippen MR) is 128 cm³/mol. The number of pyridine rings is 2. The van der Waals surface area contributed by atoms with Gasteiger partial charge in [-0.3, -0.25) is 9.69 Å². The monoisotopic (exact) mass is 506 g/mol. The fourth-order valence-corrected chi connectivity index (χ4v) is 3.62. The molecule has 0 saturated carbocycles. The molecule has 1 N–H and O–H groups in total. The first-order valence-corrected chi connectivity index (χ1v) is 11.1. The summed E-state index contributed by atoms with van der Waals surface area (Å²) in [6.07, 6.45) is 5.30. The molecule has 6 nitrogen and oxygen atoms in total. The number of nitrogens with zero attached hydrogens (tertiary/aromatic N) is 3. The molecule has 1 fully saturated rings. The summed E-state index contributed by atoms with van der Waals surface area (Å²) in [4.78, 5) is 22.5. The summed E-state index contributed by atoms with van der Waals surface area (Å²) in [5.74, 6) is -1.22. The van der Waals surface area contributed by atoms with Crippen LogP contribution in [0.4, 0.5) is 10.1 Å².